The van der Waals surface area contributed by atoms with Gasteiger partial charge < -0.3 is 9.64 Å². The summed E-state index contributed by atoms with van der Waals surface area (Å²) in [4.78, 5) is 25.1. The highest BCUT2D eigenvalue weighted by Gasteiger charge is 2.34. The highest BCUT2D eigenvalue weighted by molar-refractivity contribution is 8.14. The summed E-state index contributed by atoms with van der Waals surface area (Å²) in [7, 11) is 1.63. The van der Waals surface area contributed by atoms with Crippen LogP contribution in [-0.4, -0.2) is 34.8 Å². The first-order valence-corrected chi connectivity index (χ1v) is 7.50. The lowest BCUT2D eigenvalue weighted by atomic mass is 10.1. The minimum Gasteiger partial charge on any atom is -0.497 e. The fourth-order valence-electron chi connectivity index (χ4n) is 2.45. The van der Waals surface area contributed by atoms with Crippen molar-refractivity contribution in [3.63, 3.8) is 0 Å². The Balaban J connectivity index is 2.06. The lowest BCUT2D eigenvalue weighted by Gasteiger charge is -2.25. The Morgan fingerprint density at radius 2 is 2.05 bits per heavy atom. The van der Waals surface area contributed by atoms with Gasteiger partial charge in [0.2, 0.25) is 5.91 Å². The van der Waals surface area contributed by atoms with Gasteiger partial charge in [-0.2, -0.15) is 0 Å². The molecule has 2 rings (SSSR count). The highest BCUT2D eigenvalue weighted by Crippen LogP contribution is 2.31. The van der Waals surface area contributed by atoms with E-state index in [-0.39, 0.29) is 22.3 Å². The van der Waals surface area contributed by atoms with Crippen LogP contribution in [0.3, 0.4) is 0 Å². The van der Waals surface area contributed by atoms with Crippen LogP contribution < -0.4 is 4.74 Å². The van der Waals surface area contributed by atoms with Gasteiger partial charge in [-0.05, 0) is 24.6 Å². The number of carbonyl (C=O) groups excluding carboxylic acids is 2. The number of rotatable bonds is 4. The number of amides is 1. The summed E-state index contributed by atoms with van der Waals surface area (Å²) < 4.78 is 5.13. The molecule has 2 atom stereocenters. The summed E-state index contributed by atoms with van der Waals surface area (Å²) >= 11 is 1.27. The molecular formula is C15H19NO3S. The van der Waals surface area contributed by atoms with Crippen molar-refractivity contribution in [1.82, 2.24) is 4.90 Å². The SMILES string of the molecule is COc1ccc([C@H](C)N2CC(SC(C)=O)CC2=O)cc1. The van der Waals surface area contributed by atoms with Crippen molar-refractivity contribution in [2.75, 3.05) is 13.7 Å². The standard InChI is InChI=1S/C15H19NO3S/c1-10(12-4-6-13(19-3)7-5-12)16-9-14(8-15(16)18)20-11(2)17/h4-7,10,14H,8-9H2,1-3H3/t10-,14?/m0/s1. The number of ether oxygens (including phenoxy) is 1. The third-order valence-corrected chi connectivity index (χ3v) is 4.50. The second kappa shape index (κ2) is 6.31. The summed E-state index contributed by atoms with van der Waals surface area (Å²) in [6.45, 7) is 4.20. The summed E-state index contributed by atoms with van der Waals surface area (Å²) in [5, 5.41) is 0.155. The van der Waals surface area contributed by atoms with Gasteiger partial charge in [0.25, 0.3) is 0 Å². The first-order valence-electron chi connectivity index (χ1n) is 6.62. The Hall–Kier alpha value is -1.49. The molecule has 1 aromatic rings. The maximum absolute atomic E-state index is 12.1. The molecule has 4 nitrogen and oxygen atoms in total. The maximum Gasteiger partial charge on any atom is 0.224 e. The van der Waals surface area contributed by atoms with Crippen LogP contribution in [-0.2, 0) is 9.59 Å². The van der Waals surface area contributed by atoms with Crippen LogP contribution in [0.15, 0.2) is 24.3 Å². The molecule has 0 radical (unpaired) electrons. The van der Waals surface area contributed by atoms with Gasteiger partial charge in [0.1, 0.15) is 5.75 Å². The normalized spacial score (nSPS) is 20.1. The van der Waals surface area contributed by atoms with Crippen molar-refractivity contribution in [3.8, 4) is 5.75 Å². The third kappa shape index (κ3) is 3.33. The number of methoxy groups -OCH3 is 1. The molecule has 0 saturated carbocycles. The number of carbonyl (C=O) groups is 2. The molecule has 20 heavy (non-hydrogen) atoms. The molecule has 1 aliphatic rings. The van der Waals surface area contributed by atoms with E-state index < -0.39 is 0 Å². The Morgan fingerprint density at radius 3 is 2.60 bits per heavy atom. The van der Waals surface area contributed by atoms with Crippen LogP contribution in [0.4, 0.5) is 0 Å². The molecule has 1 unspecified atom stereocenters. The summed E-state index contributed by atoms with van der Waals surface area (Å²) in [5.74, 6) is 0.922. The van der Waals surface area contributed by atoms with Crippen molar-refractivity contribution in [2.45, 2.75) is 31.6 Å². The van der Waals surface area contributed by atoms with Gasteiger partial charge in [-0.1, -0.05) is 23.9 Å². The van der Waals surface area contributed by atoms with E-state index >= 15 is 0 Å². The fraction of sp³-hybridized carbons (Fsp3) is 0.467. The highest BCUT2D eigenvalue weighted by atomic mass is 32.2. The number of thioether (sulfide) groups is 1. The van der Waals surface area contributed by atoms with Crippen LogP contribution in [0, 0.1) is 0 Å². The van der Waals surface area contributed by atoms with Crippen LogP contribution in [0.2, 0.25) is 0 Å². The molecule has 0 bridgehead atoms. The second-order valence-electron chi connectivity index (χ2n) is 4.93. The molecule has 1 fully saturated rings. The molecule has 0 aliphatic carbocycles. The van der Waals surface area contributed by atoms with Gasteiger partial charge in [0.05, 0.1) is 13.2 Å². The molecule has 1 heterocycles. The Labute approximate surface area is 123 Å². The Bertz CT molecular complexity index is 500. The average Bonchev–Trinajstić information content (AvgIpc) is 2.78. The van der Waals surface area contributed by atoms with Crippen molar-refractivity contribution < 1.29 is 14.3 Å². The molecule has 1 saturated heterocycles. The number of likely N-dealkylation sites (tertiary alicyclic amines) is 1. The topological polar surface area (TPSA) is 46.6 Å². The first kappa shape index (κ1) is 14.9. The number of hydrogen-bond donors (Lipinski definition) is 0. The van der Waals surface area contributed by atoms with Crippen LogP contribution in [0.25, 0.3) is 0 Å². The zero-order valence-corrected chi connectivity index (χ0v) is 12.8. The smallest absolute Gasteiger partial charge is 0.224 e. The third-order valence-electron chi connectivity index (χ3n) is 3.52. The van der Waals surface area contributed by atoms with E-state index in [1.165, 1.54) is 11.8 Å². The monoisotopic (exact) mass is 293 g/mol. The molecule has 1 aliphatic heterocycles. The lowest BCUT2D eigenvalue weighted by molar-refractivity contribution is -0.129. The zero-order valence-electron chi connectivity index (χ0n) is 12.0. The molecular weight excluding hydrogens is 274 g/mol. The van der Waals surface area contributed by atoms with E-state index in [1.807, 2.05) is 36.1 Å². The van der Waals surface area contributed by atoms with E-state index in [9.17, 15) is 9.59 Å². The molecule has 0 N–H and O–H groups in total. The Morgan fingerprint density at radius 1 is 1.40 bits per heavy atom. The molecule has 5 heteroatoms. The molecule has 0 aromatic heterocycles. The second-order valence-corrected chi connectivity index (χ2v) is 6.41. The zero-order chi connectivity index (χ0) is 14.7. The maximum atomic E-state index is 12.1. The number of nitrogens with zero attached hydrogens (tertiary/aromatic N) is 1. The van der Waals surface area contributed by atoms with E-state index in [0.717, 1.165) is 11.3 Å². The first-order chi connectivity index (χ1) is 9.51. The summed E-state index contributed by atoms with van der Waals surface area (Å²) in [6.07, 6.45) is 0.449. The van der Waals surface area contributed by atoms with E-state index in [2.05, 4.69) is 0 Å². The molecule has 1 amide bonds. The van der Waals surface area contributed by atoms with Crippen molar-refractivity contribution in [2.24, 2.45) is 0 Å². The predicted octanol–water partition coefficient (Wildman–Crippen LogP) is 2.64. The Kier molecular flexibility index (Phi) is 4.70. The number of hydrogen-bond acceptors (Lipinski definition) is 4. The lowest BCUT2D eigenvalue weighted by Crippen LogP contribution is -2.28. The predicted molar refractivity (Wildman–Crippen MR) is 79.8 cm³/mol. The van der Waals surface area contributed by atoms with Gasteiger partial charge >= 0.3 is 0 Å². The van der Waals surface area contributed by atoms with Gasteiger partial charge in [-0.25, -0.2) is 0 Å². The summed E-state index contributed by atoms with van der Waals surface area (Å²) in [6, 6.07) is 7.76. The summed E-state index contributed by atoms with van der Waals surface area (Å²) in [5.41, 5.74) is 1.08. The fourth-order valence-corrected chi connectivity index (χ4v) is 3.38. The van der Waals surface area contributed by atoms with Crippen LogP contribution >= 0.6 is 11.8 Å². The quantitative estimate of drug-likeness (QED) is 0.856. The van der Waals surface area contributed by atoms with Crippen molar-refractivity contribution >= 4 is 22.8 Å². The van der Waals surface area contributed by atoms with Crippen molar-refractivity contribution in [1.29, 1.82) is 0 Å². The molecule has 108 valence electrons. The van der Waals surface area contributed by atoms with Gasteiger partial charge in [-0.3, -0.25) is 9.59 Å². The van der Waals surface area contributed by atoms with E-state index in [1.54, 1.807) is 14.0 Å². The number of benzene rings is 1. The van der Waals surface area contributed by atoms with Gasteiger partial charge in [0.15, 0.2) is 5.12 Å². The van der Waals surface area contributed by atoms with Gasteiger partial charge in [-0.15, -0.1) is 0 Å². The molecule has 1 aromatic carbocycles. The van der Waals surface area contributed by atoms with Gasteiger partial charge in [0, 0.05) is 25.1 Å². The molecule has 0 spiro atoms. The van der Waals surface area contributed by atoms with E-state index in [4.69, 9.17) is 4.74 Å². The van der Waals surface area contributed by atoms with Crippen LogP contribution in [0.5, 0.6) is 5.75 Å². The van der Waals surface area contributed by atoms with E-state index in [0.29, 0.717) is 13.0 Å². The van der Waals surface area contributed by atoms with Crippen molar-refractivity contribution in [3.05, 3.63) is 29.8 Å². The average molecular weight is 293 g/mol. The minimum absolute atomic E-state index is 0.0194. The van der Waals surface area contributed by atoms with Crippen LogP contribution in [0.1, 0.15) is 31.9 Å². The largest absolute Gasteiger partial charge is 0.497 e. The minimum atomic E-state index is 0.0194.